The Morgan fingerprint density at radius 1 is 1.33 bits per heavy atom. The molecule has 0 saturated carbocycles. The summed E-state index contributed by atoms with van der Waals surface area (Å²) in [6.45, 7) is 4.11. The fourth-order valence-corrected chi connectivity index (χ4v) is 0.937. The van der Waals surface area contributed by atoms with E-state index >= 15 is 0 Å². The van der Waals surface area contributed by atoms with Gasteiger partial charge in [-0.3, -0.25) is 9.59 Å². The average Bonchev–Trinajstić information content (AvgIpc) is 2.15. The summed E-state index contributed by atoms with van der Waals surface area (Å²) < 4.78 is 0. The Bertz CT molecular complexity index is 227. The van der Waals surface area contributed by atoms with Crippen molar-refractivity contribution in [3.05, 3.63) is 0 Å². The summed E-state index contributed by atoms with van der Waals surface area (Å²) >= 11 is 0. The molecular weight excluding hydrogens is 194 g/mol. The van der Waals surface area contributed by atoms with E-state index in [1.54, 1.807) is 14.1 Å². The summed E-state index contributed by atoms with van der Waals surface area (Å²) in [4.78, 5) is 24.0. The molecule has 0 rings (SSSR count). The Hall–Kier alpha value is -1.10. The molecular formula is C10H21N3O2. The third-order valence-electron chi connectivity index (χ3n) is 2.16. The van der Waals surface area contributed by atoms with Gasteiger partial charge in [0.05, 0.1) is 6.04 Å². The number of nitrogens with zero attached hydrogens (tertiary/aromatic N) is 1. The summed E-state index contributed by atoms with van der Waals surface area (Å²) in [5.74, 6) is -0.0977. The molecule has 0 bridgehead atoms. The summed E-state index contributed by atoms with van der Waals surface area (Å²) in [7, 11) is 3.37. The fraction of sp³-hybridized carbons (Fsp3) is 0.800. The van der Waals surface area contributed by atoms with Gasteiger partial charge in [-0.1, -0.05) is 13.8 Å². The molecule has 0 fully saturated rings. The van der Waals surface area contributed by atoms with Crippen molar-refractivity contribution in [1.82, 2.24) is 10.2 Å². The highest BCUT2D eigenvalue weighted by molar-refractivity contribution is 5.82. The van der Waals surface area contributed by atoms with Crippen LogP contribution in [0.15, 0.2) is 0 Å². The van der Waals surface area contributed by atoms with Gasteiger partial charge in [-0.15, -0.1) is 0 Å². The fourth-order valence-electron chi connectivity index (χ4n) is 0.937. The SMILES string of the molecule is CC(C)C(N)C(=O)NCCC(=O)N(C)C. The molecule has 1 unspecified atom stereocenters. The highest BCUT2D eigenvalue weighted by Crippen LogP contribution is 1.97. The zero-order valence-corrected chi connectivity index (χ0v) is 9.91. The van der Waals surface area contributed by atoms with Crippen molar-refractivity contribution in [3.8, 4) is 0 Å². The van der Waals surface area contributed by atoms with Crippen LogP contribution in [0.1, 0.15) is 20.3 Å². The van der Waals surface area contributed by atoms with Gasteiger partial charge in [-0.05, 0) is 5.92 Å². The number of rotatable bonds is 5. The number of carbonyl (C=O) groups excluding carboxylic acids is 2. The maximum absolute atomic E-state index is 11.4. The quantitative estimate of drug-likeness (QED) is 0.653. The molecule has 5 heteroatoms. The van der Waals surface area contributed by atoms with E-state index in [0.29, 0.717) is 13.0 Å². The molecule has 0 heterocycles. The second-order valence-electron chi connectivity index (χ2n) is 4.10. The summed E-state index contributed by atoms with van der Waals surface area (Å²) in [5, 5.41) is 2.64. The van der Waals surface area contributed by atoms with Gasteiger partial charge in [0.1, 0.15) is 0 Å². The molecule has 5 nitrogen and oxygen atoms in total. The first-order valence-electron chi connectivity index (χ1n) is 5.09. The Morgan fingerprint density at radius 2 is 1.87 bits per heavy atom. The lowest BCUT2D eigenvalue weighted by atomic mass is 10.1. The molecule has 0 aromatic rings. The van der Waals surface area contributed by atoms with Crippen LogP contribution in [0.3, 0.4) is 0 Å². The van der Waals surface area contributed by atoms with E-state index in [1.165, 1.54) is 4.90 Å². The van der Waals surface area contributed by atoms with Crippen molar-refractivity contribution in [2.45, 2.75) is 26.3 Å². The highest BCUT2D eigenvalue weighted by atomic mass is 16.2. The molecule has 15 heavy (non-hydrogen) atoms. The summed E-state index contributed by atoms with van der Waals surface area (Å²) in [6, 6.07) is -0.501. The number of amides is 2. The van der Waals surface area contributed by atoms with Gasteiger partial charge >= 0.3 is 0 Å². The first-order valence-corrected chi connectivity index (χ1v) is 5.09. The minimum Gasteiger partial charge on any atom is -0.354 e. The van der Waals surface area contributed by atoms with Crippen LogP contribution >= 0.6 is 0 Å². The van der Waals surface area contributed by atoms with Crippen LogP contribution < -0.4 is 11.1 Å². The zero-order chi connectivity index (χ0) is 12.0. The van der Waals surface area contributed by atoms with Gasteiger partial charge in [0.15, 0.2) is 0 Å². The number of carbonyl (C=O) groups is 2. The molecule has 3 N–H and O–H groups in total. The van der Waals surface area contributed by atoms with Crippen LogP contribution in [0.4, 0.5) is 0 Å². The lowest BCUT2D eigenvalue weighted by Crippen LogP contribution is -2.44. The van der Waals surface area contributed by atoms with Gasteiger partial charge in [-0.25, -0.2) is 0 Å². The molecule has 2 amide bonds. The monoisotopic (exact) mass is 215 g/mol. The Balaban J connectivity index is 3.78. The second kappa shape index (κ2) is 6.40. The van der Waals surface area contributed by atoms with E-state index in [-0.39, 0.29) is 17.7 Å². The van der Waals surface area contributed by atoms with E-state index in [9.17, 15) is 9.59 Å². The smallest absolute Gasteiger partial charge is 0.237 e. The van der Waals surface area contributed by atoms with Crippen LogP contribution in [-0.4, -0.2) is 43.4 Å². The summed E-state index contributed by atoms with van der Waals surface area (Å²) in [5.41, 5.74) is 5.63. The Morgan fingerprint density at radius 3 is 2.27 bits per heavy atom. The lowest BCUT2D eigenvalue weighted by Gasteiger charge is -2.15. The predicted molar refractivity (Wildman–Crippen MR) is 59.1 cm³/mol. The van der Waals surface area contributed by atoms with E-state index in [4.69, 9.17) is 5.73 Å². The molecule has 1 atom stereocenters. The van der Waals surface area contributed by atoms with E-state index in [2.05, 4.69) is 5.32 Å². The Labute approximate surface area is 91.0 Å². The summed E-state index contributed by atoms with van der Waals surface area (Å²) in [6.07, 6.45) is 0.309. The van der Waals surface area contributed by atoms with Crippen LogP contribution in [0.2, 0.25) is 0 Å². The molecule has 0 spiro atoms. The molecule has 0 aromatic heterocycles. The van der Waals surface area contributed by atoms with Crippen molar-refractivity contribution >= 4 is 11.8 Å². The van der Waals surface area contributed by atoms with Gasteiger partial charge in [0.25, 0.3) is 0 Å². The molecule has 0 aliphatic heterocycles. The minimum absolute atomic E-state index is 0.00609. The van der Waals surface area contributed by atoms with E-state index in [1.807, 2.05) is 13.8 Å². The second-order valence-corrected chi connectivity index (χ2v) is 4.10. The highest BCUT2D eigenvalue weighted by Gasteiger charge is 2.16. The lowest BCUT2D eigenvalue weighted by molar-refractivity contribution is -0.128. The first kappa shape index (κ1) is 13.9. The topological polar surface area (TPSA) is 75.4 Å². The van der Waals surface area contributed by atoms with Crippen LogP contribution in [0.5, 0.6) is 0 Å². The average molecular weight is 215 g/mol. The van der Waals surface area contributed by atoms with E-state index < -0.39 is 6.04 Å². The third kappa shape index (κ3) is 5.37. The number of nitrogens with two attached hydrogens (primary N) is 1. The zero-order valence-electron chi connectivity index (χ0n) is 9.91. The molecule has 0 saturated heterocycles. The molecule has 0 aromatic carbocycles. The van der Waals surface area contributed by atoms with Gasteiger partial charge in [0.2, 0.25) is 11.8 Å². The standard InChI is InChI=1S/C10H21N3O2/c1-7(2)9(11)10(15)12-6-5-8(14)13(3)4/h7,9H,5-6,11H2,1-4H3,(H,12,15). The van der Waals surface area contributed by atoms with Crippen LogP contribution in [0.25, 0.3) is 0 Å². The number of hydrogen-bond donors (Lipinski definition) is 2. The van der Waals surface area contributed by atoms with Crippen molar-refractivity contribution < 1.29 is 9.59 Å². The maximum Gasteiger partial charge on any atom is 0.237 e. The van der Waals surface area contributed by atoms with Crippen LogP contribution in [0, 0.1) is 5.92 Å². The molecule has 0 aliphatic rings. The van der Waals surface area contributed by atoms with Crippen molar-refractivity contribution in [2.24, 2.45) is 11.7 Å². The van der Waals surface area contributed by atoms with Gasteiger partial charge in [-0.2, -0.15) is 0 Å². The predicted octanol–water partition coefficient (Wildman–Crippen LogP) is -0.436. The van der Waals surface area contributed by atoms with Crippen LogP contribution in [-0.2, 0) is 9.59 Å². The van der Waals surface area contributed by atoms with Crippen molar-refractivity contribution in [1.29, 1.82) is 0 Å². The third-order valence-corrected chi connectivity index (χ3v) is 2.16. The normalized spacial score (nSPS) is 12.4. The Kier molecular flexibility index (Phi) is 5.93. The minimum atomic E-state index is -0.501. The molecule has 88 valence electrons. The van der Waals surface area contributed by atoms with Gasteiger partial charge < -0.3 is 16.0 Å². The largest absolute Gasteiger partial charge is 0.354 e. The number of nitrogens with one attached hydrogen (secondary N) is 1. The van der Waals surface area contributed by atoms with Crippen molar-refractivity contribution in [2.75, 3.05) is 20.6 Å². The molecule has 0 radical (unpaired) electrons. The maximum atomic E-state index is 11.4. The number of hydrogen-bond acceptors (Lipinski definition) is 3. The van der Waals surface area contributed by atoms with Crippen molar-refractivity contribution in [3.63, 3.8) is 0 Å². The van der Waals surface area contributed by atoms with E-state index in [0.717, 1.165) is 0 Å². The molecule has 0 aliphatic carbocycles. The first-order chi connectivity index (χ1) is 6.86. The van der Waals surface area contributed by atoms with Gasteiger partial charge in [0, 0.05) is 27.1 Å².